The number of hydrogen-bond acceptors (Lipinski definition) is 4. The number of rotatable bonds is 8. The number of amides is 1. The van der Waals surface area contributed by atoms with Gasteiger partial charge in [-0.25, -0.2) is 4.98 Å². The summed E-state index contributed by atoms with van der Waals surface area (Å²) in [7, 11) is 4.03. The van der Waals surface area contributed by atoms with E-state index in [9.17, 15) is 4.79 Å². The Hall–Kier alpha value is -2.73. The second-order valence-corrected chi connectivity index (χ2v) is 9.85. The molecule has 170 valence electrons. The summed E-state index contributed by atoms with van der Waals surface area (Å²) in [5.41, 5.74) is 4.19. The number of fused-ring (bicyclic) bond motifs is 1. The van der Waals surface area contributed by atoms with Crippen molar-refractivity contribution in [2.75, 3.05) is 32.1 Å². The van der Waals surface area contributed by atoms with E-state index in [0.717, 1.165) is 33.5 Å². The van der Waals surface area contributed by atoms with E-state index in [1.807, 2.05) is 74.4 Å². The minimum atomic E-state index is -0.0264. The number of benzene rings is 3. The number of thiazole rings is 1. The molecule has 0 fully saturated rings. The maximum atomic E-state index is 13.8. The molecule has 0 bridgehead atoms. The molecule has 0 N–H and O–H groups in total. The summed E-state index contributed by atoms with van der Waals surface area (Å²) in [6.07, 6.45) is 0.365. The molecule has 1 aromatic heterocycles. The number of carbonyl (C=O) groups excluding carboxylic acids is 1. The molecular weight excluding hydrogens is 450 g/mol. The lowest BCUT2D eigenvalue weighted by Crippen LogP contribution is -2.37. The Balaban J connectivity index is 1.70. The van der Waals surface area contributed by atoms with Crippen molar-refractivity contribution in [2.24, 2.45) is 0 Å². The fraction of sp³-hybridized carbons (Fsp3) is 0.259. The van der Waals surface area contributed by atoms with E-state index in [0.29, 0.717) is 23.1 Å². The quantitative estimate of drug-likeness (QED) is 0.295. The van der Waals surface area contributed by atoms with Crippen LogP contribution in [-0.2, 0) is 4.79 Å². The van der Waals surface area contributed by atoms with Gasteiger partial charge >= 0.3 is 0 Å². The average molecular weight is 478 g/mol. The van der Waals surface area contributed by atoms with Gasteiger partial charge in [0, 0.05) is 25.4 Å². The Bertz CT molecular complexity index is 1150. The van der Waals surface area contributed by atoms with Crippen LogP contribution in [0.15, 0.2) is 72.8 Å². The summed E-state index contributed by atoms with van der Waals surface area (Å²) in [5.74, 6) is 0.0313. The lowest BCUT2D eigenvalue weighted by molar-refractivity contribution is -0.118. The summed E-state index contributed by atoms with van der Waals surface area (Å²) in [6, 6.07) is 24.4. The zero-order valence-electron chi connectivity index (χ0n) is 19.2. The SMILES string of the molecule is Cc1ccc(Cl)c2sc(N(CCN(C)C)C(=O)CC(c3ccccc3)c3ccccc3)nc12. The first-order valence-corrected chi connectivity index (χ1v) is 12.2. The van der Waals surface area contributed by atoms with Gasteiger partial charge in [-0.15, -0.1) is 0 Å². The van der Waals surface area contributed by atoms with Crippen LogP contribution in [0.3, 0.4) is 0 Å². The minimum Gasteiger partial charge on any atom is -0.308 e. The van der Waals surface area contributed by atoms with Gasteiger partial charge in [0.2, 0.25) is 5.91 Å². The summed E-state index contributed by atoms with van der Waals surface area (Å²) < 4.78 is 0.928. The van der Waals surface area contributed by atoms with Crippen LogP contribution >= 0.6 is 22.9 Å². The second kappa shape index (κ2) is 10.5. The van der Waals surface area contributed by atoms with Crippen LogP contribution in [0.2, 0.25) is 5.02 Å². The monoisotopic (exact) mass is 477 g/mol. The first kappa shape index (κ1) is 23.4. The van der Waals surface area contributed by atoms with Crippen LogP contribution in [-0.4, -0.2) is 43.0 Å². The standard InChI is InChI=1S/C27H28ClN3OS/c1-19-14-15-23(28)26-25(19)29-27(33-26)31(17-16-30(2)3)24(32)18-22(20-10-6-4-7-11-20)21-12-8-5-9-13-21/h4-15,22H,16-18H2,1-3H3. The highest BCUT2D eigenvalue weighted by atomic mass is 35.5. The van der Waals surface area contributed by atoms with Crippen molar-refractivity contribution in [3.63, 3.8) is 0 Å². The van der Waals surface area contributed by atoms with E-state index in [1.165, 1.54) is 11.3 Å². The zero-order valence-corrected chi connectivity index (χ0v) is 20.7. The minimum absolute atomic E-state index is 0.0264. The molecule has 0 spiro atoms. The highest BCUT2D eigenvalue weighted by Gasteiger charge is 2.25. The molecule has 0 aliphatic rings. The van der Waals surface area contributed by atoms with Gasteiger partial charge in [0.25, 0.3) is 0 Å². The van der Waals surface area contributed by atoms with Crippen molar-refractivity contribution >= 4 is 44.2 Å². The molecular formula is C27H28ClN3OS. The Morgan fingerprint density at radius 3 is 2.09 bits per heavy atom. The molecule has 0 unspecified atom stereocenters. The maximum absolute atomic E-state index is 13.8. The van der Waals surface area contributed by atoms with Crippen molar-refractivity contribution < 1.29 is 4.79 Å². The fourth-order valence-electron chi connectivity index (χ4n) is 3.92. The molecule has 33 heavy (non-hydrogen) atoms. The molecule has 4 nitrogen and oxygen atoms in total. The van der Waals surface area contributed by atoms with Crippen molar-refractivity contribution in [3.8, 4) is 0 Å². The summed E-state index contributed by atoms with van der Waals surface area (Å²) in [5, 5.41) is 1.37. The zero-order chi connectivity index (χ0) is 23.4. The third kappa shape index (κ3) is 5.44. The third-order valence-corrected chi connectivity index (χ3v) is 7.31. The number of aryl methyl sites for hydroxylation is 1. The third-order valence-electron chi connectivity index (χ3n) is 5.77. The Morgan fingerprint density at radius 2 is 1.55 bits per heavy atom. The second-order valence-electron chi connectivity index (χ2n) is 8.47. The maximum Gasteiger partial charge on any atom is 0.229 e. The molecule has 1 amide bonds. The number of halogens is 1. The van der Waals surface area contributed by atoms with E-state index < -0.39 is 0 Å². The lowest BCUT2D eigenvalue weighted by atomic mass is 9.88. The number of likely N-dealkylation sites (N-methyl/N-ethyl adjacent to an activating group) is 1. The van der Waals surface area contributed by atoms with E-state index in [2.05, 4.69) is 29.2 Å². The normalized spacial score (nSPS) is 11.5. The van der Waals surface area contributed by atoms with Crippen molar-refractivity contribution in [2.45, 2.75) is 19.3 Å². The first-order valence-electron chi connectivity index (χ1n) is 11.0. The molecule has 4 rings (SSSR count). The van der Waals surface area contributed by atoms with Gasteiger partial charge in [0.1, 0.15) is 0 Å². The summed E-state index contributed by atoms with van der Waals surface area (Å²) in [6.45, 7) is 3.34. The van der Waals surface area contributed by atoms with Gasteiger partial charge in [-0.05, 0) is 43.8 Å². The van der Waals surface area contributed by atoms with Gasteiger partial charge in [0.15, 0.2) is 5.13 Å². The number of aromatic nitrogens is 1. The topological polar surface area (TPSA) is 36.4 Å². The molecule has 0 atom stereocenters. The predicted octanol–water partition coefficient (Wildman–Crippen LogP) is 6.37. The van der Waals surface area contributed by atoms with Crippen molar-refractivity contribution in [3.05, 3.63) is 94.5 Å². The molecule has 1 heterocycles. The van der Waals surface area contributed by atoms with Gasteiger partial charge in [-0.3, -0.25) is 9.69 Å². The Kier molecular flexibility index (Phi) is 7.43. The Morgan fingerprint density at radius 1 is 0.939 bits per heavy atom. The van der Waals surface area contributed by atoms with Crippen LogP contribution in [0.1, 0.15) is 29.0 Å². The van der Waals surface area contributed by atoms with E-state index in [4.69, 9.17) is 16.6 Å². The molecule has 3 aromatic carbocycles. The molecule has 0 radical (unpaired) electrons. The van der Waals surface area contributed by atoms with Crippen LogP contribution in [0.25, 0.3) is 10.2 Å². The number of nitrogens with zero attached hydrogens (tertiary/aromatic N) is 3. The molecule has 4 aromatic rings. The van der Waals surface area contributed by atoms with Crippen LogP contribution in [0, 0.1) is 6.92 Å². The average Bonchev–Trinajstić information content (AvgIpc) is 3.27. The molecule has 0 saturated heterocycles. The van der Waals surface area contributed by atoms with E-state index in [-0.39, 0.29) is 11.8 Å². The van der Waals surface area contributed by atoms with E-state index in [1.54, 1.807) is 0 Å². The lowest BCUT2D eigenvalue weighted by Gasteiger charge is -2.25. The smallest absolute Gasteiger partial charge is 0.229 e. The summed E-state index contributed by atoms with van der Waals surface area (Å²) in [4.78, 5) is 22.6. The largest absolute Gasteiger partial charge is 0.308 e. The summed E-state index contributed by atoms with van der Waals surface area (Å²) >= 11 is 7.95. The van der Waals surface area contributed by atoms with Gasteiger partial charge in [0.05, 0.1) is 15.2 Å². The number of hydrogen-bond donors (Lipinski definition) is 0. The molecule has 0 aliphatic heterocycles. The molecule has 0 saturated carbocycles. The predicted molar refractivity (Wildman–Crippen MR) is 140 cm³/mol. The van der Waals surface area contributed by atoms with E-state index >= 15 is 0 Å². The van der Waals surface area contributed by atoms with Crippen LogP contribution in [0.4, 0.5) is 5.13 Å². The van der Waals surface area contributed by atoms with Gasteiger partial charge in [-0.1, -0.05) is 89.7 Å². The van der Waals surface area contributed by atoms with Gasteiger partial charge in [-0.2, -0.15) is 0 Å². The highest BCUT2D eigenvalue weighted by Crippen LogP contribution is 2.37. The Labute approximate surface area is 204 Å². The van der Waals surface area contributed by atoms with Crippen molar-refractivity contribution in [1.82, 2.24) is 9.88 Å². The van der Waals surface area contributed by atoms with Crippen molar-refractivity contribution in [1.29, 1.82) is 0 Å². The number of anilines is 1. The first-order chi connectivity index (χ1) is 15.9. The van der Waals surface area contributed by atoms with Crippen LogP contribution < -0.4 is 4.90 Å². The number of carbonyl (C=O) groups is 1. The molecule has 6 heteroatoms. The van der Waals surface area contributed by atoms with Gasteiger partial charge < -0.3 is 4.90 Å². The highest BCUT2D eigenvalue weighted by molar-refractivity contribution is 7.23. The molecule has 0 aliphatic carbocycles. The van der Waals surface area contributed by atoms with Crippen LogP contribution in [0.5, 0.6) is 0 Å². The fourth-order valence-corrected chi connectivity index (χ4v) is 5.28.